The molecule has 0 saturated carbocycles. The molecule has 8 heteroatoms. The van der Waals surface area contributed by atoms with E-state index in [0.29, 0.717) is 41.1 Å². The standard InChI is InChI=1S/C25H21BrClNO5/c1-2-7-28-24(32)13-5-4-12-14(21(13)25(28)33)9-16-22(19(30)10-17(26)23(16)31)20(12)15-8-11(27)3-6-18(15)29/h3-4,6,8,10,13-14,20-21,29H,2,5,7,9H2,1H3. The molecule has 0 bridgehead atoms. The van der Waals surface area contributed by atoms with Crippen LogP contribution >= 0.6 is 27.5 Å². The van der Waals surface area contributed by atoms with E-state index in [1.807, 2.05) is 13.0 Å². The summed E-state index contributed by atoms with van der Waals surface area (Å²) in [7, 11) is 0. The normalized spacial score (nSPS) is 29.0. The SMILES string of the molecule is CCCN1C(=O)C2CC=C3C(c4cc(Cl)ccc4O)C4=C(CC3C2C1=O)C(=O)C(Br)=CC4=O. The van der Waals surface area contributed by atoms with E-state index in [9.17, 15) is 24.3 Å². The van der Waals surface area contributed by atoms with Crippen molar-refractivity contribution in [3.63, 3.8) is 0 Å². The molecule has 1 aliphatic heterocycles. The molecular formula is C25H21BrClNO5. The molecular weight excluding hydrogens is 510 g/mol. The van der Waals surface area contributed by atoms with Crippen LogP contribution in [0.4, 0.5) is 0 Å². The molecule has 4 aliphatic rings. The second-order valence-electron chi connectivity index (χ2n) is 8.92. The number of aromatic hydroxyl groups is 1. The van der Waals surface area contributed by atoms with E-state index in [2.05, 4.69) is 15.9 Å². The predicted molar refractivity (Wildman–Crippen MR) is 125 cm³/mol. The first-order valence-corrected chi connectivity index (χ1v) is 12.1. The summed E-state index contributed by atoms with van der Waals surface area (Å²) in [6.45, 7) is 2.28. The van der Waals surface area contributed by atoms with Gasteiger partial charge in [-0.15, -0.1) is 0 Å². The number of carbonyl (C=O) groups is 4. The van der Waals surface area contributed by atoms with Crippen LogP contribution in [0.3, 0.4) is 0 Å². The molecule has 4 unspecified atom stereocenters. The van der Waals surface area contributed by atoms with Gasteiger partial charge in [0.1, 0.15) is 5.75 Å². The number of phenols is 1. The second-order valence-corrected chi connectivity index (χ2v) is 10.2. The first-order chi connectivity index (χ1) is 15.7. The van der Waals surface area contributed by atoms with Gasteiger partial charge in [0, 0.05) is 40.3 Å². The molecule has 33 heavy (non-hydrogen) atoms. The van der Waals surface area contributed by atoms with E-state index in [1.54, 1.807) is 12.1 Å². The zero-order chi connectivity index (χ0) is 23.6. The quantitative estimate of drug-likeness (QED) is 0.359. The maximum absolute atomic E-state index is 13.3. The Morgan fingerprint density at radius 2 is 1.91 bits per heavy atom. The summed E-state index contributed by atoms with van der Waals surface area (Å²) in [5.74, 6) is -3.25. The summed E-state index contributed by atoms with van der Waals surface area (Å²) in [5, 5.41) is 11.1. The number of hydrogen-bond acceptors (Lipinski definition) is 5. The predicted octanol–water partition coefficient (Wildman–Crippen LogP) is 4.22. The van der Waals surface area contributed by atoms with Crippen LogP contribution in [0, 0.1) is 17.8 Å². The van der Waals surface area contributed by atoms with Crippen LogP contribution < -0.4 is 0 Å². The highest BCUT2D eigenvalue weighted by Gasteiger charge is 2.56. The zero-order valence-corrected chi connectivity index (χ0v) is 20.1. The lowest BCUT2D eigenvalue weighted by Gasteiger charge is -2.42. The number of likely N-dealkylation sites (tertiary alicyclic amines) is 1. The number of phenolic OH excluding ortho intramolecular Hbond substituents is 1. The first-order valence-electron chi connectivity index (χ1n) is 11.0. The van der Waals surface area contributed by atoms with E-state index < -0.39 is 23.7 Å². The zero-order valence-electron chi connectivity index (χ0n) is 17.8. The van der Waals surface area contributed by atoms with Gasteiger partial charge in [-0.3, -0.25) is 24.1 Å². The van der Waals surface area contributed by atoms with E-state index in [0.717, 1.165) is 5.57 Å². The molecule has 1 aromatic carbocycles. The summed E-state index contributed by atoms with van der Waals surface area (Å²) in [4.78, 5) is 53.9. The molecule has 3 aliphatic carbocycles. The highest BCUT2D eigenvalue weighted by Crippen LogP contribution is 2.56. The topological polar surface area (TPSA) is 91.8 Å². The number of carbonyl (C=O) groups excluding carboxylic acids is 4. The molecule has 0 aromatic heterocycles. The molecule has 1 fully saturated rings. The molecule has 1 saturated heterocycles. The van der Waals surface area contributed by atoms with Crippen LogP contribution in [0.5, 0.6) is 5.75 Å². The molecule has 4 atom stereocenters. The Morgan fingerprint density at radius 3 is 2.64 bits per heavy atom. The number of ketones is 2. The van der Waals surface area contributed by atoms with Gasteiger partial charge in [0.15, 0.2) is 11.6 Å². The fraction of sp³-hybridized carbons (Fsp3) is 0.360. The van der Waals surface area contributed by atoms with Crippen molar-refractivity contribution in [3.05, 3.63) is 62.1 Å². The van der Waals surface area contributed by atoms with Gasteiger partial charge in [0.05, 0.1) is 16.3 Å². The van der Waals surface area contributed by atoms with Crippen LogP contribution in [0.15, 0.2) is 51.6 Å². The Kier molecular flexibility index (Phi) is 5.45. The third kappa shape index (κ3) is 3.28. The third-order valence-corrected chi connectivity index (χ3v) is 7.99. The van der Waals surface area contributed by atoms with E-state index in [4.69, 9.17) is 11.6 Å². The molecule has 0 radical (unpaired) electrons. The summed E-state index contributed by atoms with van der Waals surface area (Å²) in [5.41, 5.74) is 1.85. The molecule has 6 nitrogen and oxygen atoms in total. The summed E-state index contributed by atoms with van der Waals surface area (Å²) in [6, 6.07) is 4.60. The van der Waals surface area contributed by atoms with Crippen molar-refractivity contribution in [2.24, 2.45) is 17.8 Å². The van der Waals surface area contributed by atoms with Crippen molar-refractivity contribution in [3.8, 4) is 5.75 Å². The molecule has 1 N–H and O–H groups in total. The molecule has 0 spiro atoms. The minimum absolute atomic E-state index is 0.0461. The molecule has 2 amide bonds. The Morgan fingerprint density at radius 1 is 1.15 bits per heavy atom. The number of allylic oxidation sites excluding steroid dienone is 6. The largest absolute Gasteiger partial charge is 0.508 e. The van der Waals surface area contributed by atoms with Gasteiger partial charge in [0.2, 0.25) is 11.8 Å². The van der Waals surface area contributed by atoms with E-state index >= 15 is 0 Å². The van der Waals surface area contributed by atoms with E-state index in [1.165, 1.54) is 17.0 Å². The summed E-state index contributed by atoms with van der Waals surface area (Å²) in [6.07, 6.45) is 4.43. The van der Waals surface area contributed by atoms with Crippen molar-refractivity contribution < 1.29 is 24.3 Å². The van der Waals surface area contributed by atoms with Gasteiger partial charge >= 0.3 is 0 Å². The number of benzene rings is 1. The van der Waals surface area contributed by atoms with Crippen LogP contribution in [-0.4, -0.2) is 39.9 Å². The van der Waals surface area contributed by atoms with Gasteiger partial charge in [-0.2, -0.15) is 0 Å². The number of hydrogen-bond donors (Lipinski definition) is 1. The van der Waals surface area contributed by atoms with Crippen molar-refractivity contribution in [1.29, 1.82) is 0 Å². The number of imide groups is 1. The van der Waals surface area contributed by atoms with Crippen LogP contribution in [0.2, 0.25) is 5.02 Å². The van der Waals surface area contributed by atoms with Crippen LogP contribution in [-0.2, 0) is 19.2 Å². The van der Waals surface area contributed by atoms with Gasteiger partial charge < -0.3 is 5.11 Å². The Labute approximate surface area is 204 Å². The average molecular weight is 531 g/mol. The van der Waals surface area contributed by atoms with Gasteiger partial charge in [-0.25, -0.2) is 0 Å². The number of amides is 2. The molecule has 170 valence electrons. The van der Waals surface area contributed by atoms with Crippen molar-refractivity contribution >= 4 is 50.9 Å². The number of nitrogens with zero attached hydrogens (tertiary/aromatic N) is 1. The number of halogens is 2. The number of Topliss-reactive ketones (excluding diaryl/α,β-unsaturated/α-hetero) is 1. The number of rotatable bonds is 3. The number of fused-ring (bicyclic) bond motifs is 3. The summed E-state index contributed by atoms with van der Waals surface area (Å²) >= 11 is 9.43. The van der Waals surface area contributed by atoms with Crippen molar-refractivity contribution in [2.45, 2.75) is 32.1 Å². The molecule has 1 aromatic rings. The highest BCUT2D eigenvalue weighted by molar-refractivity contribution is 9.12. The first kappa shape index (κ1) is 22.3. The van der Waals surface area contributed by atoms with Crippen LogP contribution in [0.1, 0.15) is 37.7 Å². The maximum atomic E-state index is 13.3. The van der Waals surface area contributed by atoms with Gasteiger partial charge in [0.25, 0.3) is 0 Å². The fourth-order valence-electron chi connectivity index (χ4n) is 5.83. The van der Waals surface area contributed by atoms with E-state index in [-0.39, 0.29) is 40.0 Å². The lowest BCUT2D eigenvalue weighted by atomic mass is 9.59. The van der Waals surface area contributed by atoms with Crippen LogP contribution in [0.25, 0.3) is 0 Å². The maximum Gasteiger partial charge on any atom is 0.233 e. The minimum Gasteiger partial charge on any atom is -0.508 e. The molecule has 1 heterocycles. The minimum atomic E-state index is -0.713. The summed E-state index contributed by atoms with van der Waals surface area (Å²) < 4.78 is 0.168. The Balaban J connectivity index is 1.70. The van der Waals surface area contributed by atoms with Crippen molar-refractivity contribution in [2.75, 3.05) is 6.54 Å². The lowest BCUT2D eigenvalue weighted by molar-refractivity contribution is -0.140. The Hall–Kier alpha value is -2.51. The monoisotopic (exact) mass is 529 g/mol. The lowest BCUT2D eigenvalue weighted by Crippen LogP contribution is -2.39. The Bertz CT molecular complexity index is 1230. The smallest absolute Gasteiger partial charge is 0.233 e. The van der Waals surface area contributed by atoms with Gasteiger partial charge in [-0.1, -0.05) is 30.2 Å². The molecule has 5 rings (SSSR count). The highest BCUT2D eigenvalue weighted by atomic mass is 79.9. The van der Waals surface area contributed by atoms with Gasteiger partial charge in [-0.05, 0) is 59.3 Å². The third-order valence-electron chi connectivity index (χ3n) is 7.17. The average Bonchev–Trinajstić information content (AvgIpc) is 3.03. The van der Waals surface area contributed by atoms with Crippen molar-refractivity contribution in [1.82, 2.24) is 4.90 Å². The fourth-order valence-corrected chi connectivity index (χ4v) is 6.46. The second kappa shape index (κ2) is 8.06.